The molecule has 0 spiro atoms. The molecule has 0 aromatic heterocycles. The van der Waals surface area contributed by atoms with Gasteiger partial charge in [0.2, 0.25) is 0 Å². The third-order valence-electron chi connectivity index (χ3n) is 3.95. The second-order valence-corrected chi connectivity index (χ2v) is 5.71. The fourth-order valence-corrected chi connectivity index (χ4v) is 2.65. The molecule has 1 aliphatic heterocycles. The Balaban J connectivity index is 0.00000338. The van der Waals surface area contributed by atoms with E-state index in [1.54, 1.807) is 0 Å². The fourth-order valence-electron chi connectivity index (χ4n) is 2.65. The van der Waals surface area contributed by atoms with Gasteiger partial charge in [0.1, 0.15) is 6.61 Å². The Kier molecular flexibility index (Phi) is 8.93. The summed E-state index contributed by atoms with van der Waals surface area (Å²) in [5.41, 5.74) is 0.0920. The molecular weight excluding hydrogens is 376 g/mol. The lowest BCUT2D eigenvalue weighted by Gasteiger charge is -2.15. The Bertz CT molecular complexity index is 609. The topological polar surface area (TPSA) is 106 Å². The number of nitrogens with one attached hydrogen (secondary N) is 2. The lowest BCUT2D eigenvalue weighted by Crippen LogP contribution is -2.30. The molecule has 26 heavy (non-hydrogen) atoms. The van der Waals surface area contributed by atoms with Crippen LogP contribution in [0.5, 0.6) is 11.5 Å². The number of nitro groups is 1. The quantitative estimate of drug-likeness (QED) is 0.426. The standard InChI is InChI=1S/C15H21F2N3O5.ClH/c1-24-13-2-9(4-18-5-10-6-19-7-12(10)21)11(20(22)23)3-14(13)25-8-15(16)17;/h2-3,10,12,15,18-19,21H,4-8H2,1H3;1H. The molecule has 0 radical (unpaired) electrons. The molecule has 2 rings (SSSR count). The van der Waals surface area contributed by atoms with E-state index >= 15 is 0 Å². The van der Waals surface area contributed by atoms with E-state index < -0.39 is 24.1 Å². The number of nitro benzene ring substituents is 1. The highest BCUT2D eigenvalue weighted by Gasteiger charge is 2.25. The van der Waals surface area contributed by atoms with Gasteiger partial charge in [-0.1, -0.05) is 0 Å². The predicted molar refractivity (Wildman–Crippen MR) is 92.5 cm³/mol. The van der Waals surface area contributed by atoms with Crippen LogP contribution in [0.3, 0.4) is 0 Å². The van der Waals surface area contributed by atoms with E-state index in [0.717, 1.165) is 6.07 Å². The molecule has 1 fully saturated rings. The summed E-state index contributed by atoms with van der Waals surface area (Å²) < 4.78 is 34.6. The summed E-state index contributed by atoms with van der Waals surface area (Å²) in [7, 11) is 1.33. The van der Waals surface area contributed by atoms with Crippen LogP contribution in [0.2, 0.25) is 0 Å². The zero-order chi connectivity index (χ0) is 18.4. The summed E-state index contributed by atoms with van der Waals surface area (Å²) in [6.07, 6.45) is -3.15. The minimum Gasteiger partial charge on any atom is -0.493 e. The van der Waals surface area contributed by atoms with Crippen LogP contribution < -0.4 is 20.1 Å². The van der Waals surface area contributed by atoms with E-state index in [1.807, 2.05) is 0 Å². The van der Waals surface area contributed by atoms with Crippen LogP contribution in [0.25, 0.3) is 0 Å². The maximum absolute atomic E-state index is 12.3. The van der Waals surface area contributed by atoms with Gasteiger partial charge in [-0.3, -0.25) is 10.1 Å². The van der Waals surface area contributed by atoms with Crippen molar-refractivity contribution in [1.82, 2.24) is 10.6 Å². The second-order valence-electron chi connectivity index (χ2n) is 5.71. The highest BCUT2D eigenvalue weighted by atomic mass is 35.5. The van der Waals surface area contributed by atoms with Gasteiger partial charge in [0, 0.05) is 37.7 Å². The molecule has 1 aliphatic rings. The maximum Gasteiger partial charge on any atom is 0.277 e. The van der Waals surface area contributed by atoms with E-state index in [2.05, 4.69) is 10.6 Å². The van der Waals surface area contributed by atoms with Gasteiger partial charge in [0.25, 0.3) is 12.1 Å². The number of halogens is 3. The number of aliphatic hydroxyl groups excluding tert-OH is 1. The molecule has 2 unspecified atom stereocenters. The molecule has 1 aromatic rings. The predicted octanol–water partition coefficient (Wildman–Crippen LogP) is 1.34. The Morgan fingerprint density at radius 2 is 2.15 bits per heavy atom. The number of nitrogens with zero attached hydrogens (tertiary/aromatic N) is 1. The number of alkyl halides is 2. The average Bonchev–Trinajstić information content (AvgIpc) is 2.97. The molecule has 1 aromatic carbocycles. The number of ether oxygens (including phenoxy) is 2. The Hall–Kier alpha value is -1.75. The zero-order valence-electron chi connectivity index (χ0n) is 14.1. The molecule has 1 heterocycles. The molecule has 0 aliphatic carbocycles. The van der Waals surface area contributed by atoms with Crippen LogP contribution in [0, 0.1) is 16.0 Å². The lowest BCUT2D eigenvalue weighted by atomic mass is 10.1. The molecule has 0 bridgehead atoms. The van der Waals surface area contributed by atoms with Crippen molar-refractivity contribution < 1.29 is 28.3 Å². The summed E-state index contributed by atoms with van der Waals surface area (Å²) in [6, 6.07) is 2.49. The average molecular weight is 398 g/mol. The van der Waals surface area contributed by atoms with Crippen molar-refractivity contribution in [1.29, 1.82) is 0 Å². The highest BCUT2D eigenvalue weighted by molar-refractivity contribution is 5.85. The highest BCUT2D eigenvalue weighted by Crippen LogP contribution is 2.35. The number of aliphatic hydroxyl groups is 1. The van der Waals surface area contributed by atoms with E-state index in [1.165, 1.54) is 13.2 Å². The first kappa shape index (κ1) is 22.3. The van der Waals surface area contributed by atoms with Gasteiger partial charge in [-0.25, -0.2) is 8.78 Å². The van der Waals surface area contributed by atoms with Gasteiger partial charge in [0.15, 0.2) is 11.5 Å². The van der Waals surface area contributed by atoms with Gasteiger partial charge in [-0.2, -0.15) is 0 Å². The molecule has 8 nitrogen and oxygen atoms in total. The van der Waals surface area contributed by atoms with Gasteiger partial charge in [0.05, 0.1) is 24.2 Å². The first-order chi connectivity index (χ1) is 11.9. The van der Waals surface area contributed by atoms with Crippen LogP contribution in [-0.4, -0.2) is 55.9 Å². The van der Waals surface area contributed by atoms with Crippen LogP contribution >= 0.6 is 12.4 Å². The molecule has 3 N–H and O–H groups in total. The number of β-amino-alcohol motifs (C(OH)–C–C–N with tert-alkyl or cyclic N) is 1. The summed E-state index contributed by atoms with van der Waals surface area (Å²) in [5, 5.41) is 27.1. The van der Waals surface area contributed by atoms with Crippen LogP contribution in [0.4, 0.5) is 14.5 Å². The molecule has 1 saturated heterocycles. The SMILES string of the molecule is COc1cc(CNCC2CNCC2O)c([N+](=O)[O-])cc1OCC(F)F.Cl. The zero-order valence-corrected chi connectivity index (χ0v) is 14.9. The summed E-state index contributed by atoms with van der Waals surface area (Å²) in [4.78, 5) is 10.7. The first-order valence-corrected chi connectivity index (χ1v) is 7.78. The van der Waals surface area contributed by atoms with E-state index in [4.69, 9.17) is 9.47 Å². The van der Waals surface area contributed by atoms with Crippen molar-refractivity contribution in [3.63, 3.8) is 0 Å². The molecule has 0 amide bonds. The number of benzene rings is 1. The van der Waals surface area contributed by atoms with E-state index in [0.29, 0.717) is 25.2 Å². The largest absolute Gasteiger partial charge is 0.493 e. The third-order valence-corrected chi connectivity index (χ3v) is 3.95. The van der Waals surface area contributed by atoms with Crippen molar-refractivity contribution >= 4 is 18.1 Å². The van der Waals surface area contributed by atoms with Crippen LogP contribution in [-0.2, 0) is 6.54 Å². The summed E-state index contributed by atoms with van der Waals surface area (Å²) in [5.74, 6) is 0.0638. The number of hydrogen-bond acceptors (Lipinski definition) is 7. The van der Waals surface area contributed by atoms with Crippen LogP contribution in [0.15, 0.2) is 12.1 Å². The normalized spacial score (nSPS) is 19.3. The number of hydrogen-bond donors (Lipinski definition) is 3. The minimum absolute atomic E-state index is 0. The van der Waals surface area contributed by atoms with Crippen molar-refractivity contribution in [3.8, 4) is 11.5 Å². The van der Waals surface area contributed by atoms with Crippen molar-refractivity contribution in [3.05, 3.63) is 27.8 Å². The van der Waals surface area contributed by atoms with Gasteiger partial charge in [-0.05, 0) is 6.07 Å². The number of methoxy groups -OCH3 is 1. The van der Waals surface area contributed by atoms with Crippen LogP contribution in [0.1, 0.15) is 5.56 Å². The van der Waals surface area contributed by atoms with Crippen molar-refractivity contribution in [2.45, 2.75) is 19.1 Å². The molecule has 148 valence electrons. The third kappa shape index (κ3) is 5.90. The summed E-state index contributed by atoms with van der Waals surface area (Å²) in [6.45, 7) is 0.969. The Labute approximate surface area is 155 Å². The van der Waals surface area contributed by atoms with E-state index in [9.17, 15) is 24.0 Å². The van der Waals surface area contributed by atoms with Crippen molar-refractivity contribution in [2.24, 2.45) is 5.92 Å². The lowest BCUT2D eigenvalue weighted by molar-refractivity contribution is -0.385. The Morgan fingerprint density at radius 3 is 2.69 bits per heavy atom. The maximum atomic E-state index is 12.3. The minimum atomic E-state index is -2.70. The smallest absolute Gasteiger partial charge is 0.277 e. The van der Waals surface area contributed by atoms with Gasteiger partial charge < -0.3 is 25.2 Å². The molecule has 11 heteroatoms. The van der Waals surface area contributed by atoms with Crippen molar-refractivity contribution in [2.75, 3.05) is 33.4 Å². The van der Waals surface area contributed by atoms with Gasteiger partial charge in [-0.15, -0.1) is 12.4 Å². The molecule has 0 saturated carbocycles. The first-order valence-electron chi connectivity index (χ1n) is 7.78. The number of rotatable bonds is 9. The fraction of sp³-hybridized carbons (Fsp3) is 0.600. The molecule has 2 atom stereocenters. The monoisotopic (exact) mass is 397 g/mol. The van der Waals surface area contributed by atoms with Gasteiger partial charge >= 0.3 is 0 Å². The van der Waals surface area contributed by atoms with E-state index in [-0.39, 0.29) is 42.1 Å². The second kappa shape index (κ2) is 10.4. The summed E-state index contributed by atoms with van der Waals surface area (Å²) >= 11 is 0. The Morgan fingerprint density at radius 1 is 1.42 bits per heavy atom. The molecular formula is C15H22ClF2N3O5.